The maximum atomic E-state index is 12.3. The lowest BCUT2D eigenvalue weighted by Gasteiger charge is -2.15. The van der Waals surface area contributed by atoms with Crippen LogP contribution in [0.3, 0.4) is 0 Å². The zero-order chi connectivity index (χ0) is 15.5. The number of sulfonamides is 1. The van der Waals surface area contributed by atoms with Crippen LogP contribution in [0.2, 0.25) is 5.02 Å². The van der Waals surface area contributed by atoms with Gasteiger partial charge in [0.1, 0.15) is 0 Å². The lowest BCUT2D eigenvalue weighted by atomic mass is 10.1. The van der Waals surface area contributed by atoms with E-state index in [1.807, 2.05) is 6.07 Å². The molecule has 0 saturated heterocycles. The minimum Gasteiger partial charge on any atom is -0.207 e. The van der Waals surface area contributed by atoms with Crippen molar-refractivity contribution in [3.63, 3.8) is 0 Å². The number of rotatable bonds is 5. The van der Waals surface area contributed by atoms with Crippen LogP contribution in [0, 0.1) is 0 Å². The quantitative estimate of drug-likeness (QED) is 0.777. The summed E-state index contributed by atoms with van der Waals surface area (Å²) in [5.74, 6) is 0. The van der Waals surface area contributed by atoms with Gasteiger partial charge in [-0.05, 0) is 42.3 Å². The van der Waals surface area contributed by atoms with Crippen LogP contribution >= 0.6 is 27.5 Å². The Hall–Kier alpha value is -0.880. The first-order valence-corrected chi connectivity index (χ1v) is 9.33. The molecule has 1 N–H and O–H groups in total. The minimum absolute atomic E-state index is 0.251. The molecule has 112 valence electrons. The van der Waals surface area contributed by atoms with E-state index in [0.717, 1.165) is 11.1 Å². The Bertz CT molecular complexity index is 717. The summed E-state index contributed by atoms with van der Waals surface area (Å²) in [6.07, 6.45) is 0. The van der Waals surface area contributed by atoms with Crippen molar-refractivity contribution in [2.24, 2.45) is 0 Å². The summed E-state index contributed by atoms with van der Waals surface area (Å²) < 4.78 is 27.3. The number of hydrogen-bond donors (Lipinski definition) is 1. The second-order valence-corrected chi connectivity index (χ2v) is 7.39. The van der Waals surface area contributed by atoms with Crippen LogP contribution in [0.25, 0.3) is 0 Å². The van der Waals surface area contributed by atoms with E-state index in [0.29, 0.717) is 10.4 Å². The molecule has 1 atom stereocenters. The van der Waals surface area contributed by atoms with E-state index in [4.69, 9.17) is 11.6 Å². The minimum atomic E-state index is -3.55. The summed E-state index contributed by atoms with van der Waals surface area (Å²) in [5, 5.41) is 1.28. The molecule has 0 radical (unpaired) electrons. The predicted octanol–water partition coefficient (Wildman–Crippen LogP) is 4.27. The van der Waals surface area contributed by atoms with Gasteiger partial charge in [0, 0.05) is 16.4 Å². The molecular weight excluding hydrogens is 374 g/mol. The molecule has 2 aromatic rings. The zero-order valence-electron chi connectivity index (χ0n) is 11.4. The van der Waals surface area contributed by atoms with Crippen molar-refractivity contribution in [1.29, 1.82) is 0 Å². The Balaban J connectivity index is 2.20. The van der Waals surface area contributed by atoms with Crippen molar-refractivity contribution in [2.75, 3.05) is 0 Å². The van der Waals surface area contributed by atoms with Gasteiger partial charge in [0.2, 0.25) is 10.0 Å². The van der Waals surface area contributed by atoms with Crippen LogP contribution in [0.5, 0.6) is 0 Å². The van der Waals surface area contributed by atoms with Gasteiger partial charge in [-0.25, -0.2) is 13.1 Å². The lowest BCUT2D eigenvalue weighted by molar-refractivity contribution is 0.567. The Kier molecular flexibility index (Phi) is 5.43. The normalized spacial score (nSPS) is 13.1. The van der Waals surface area contributed by atoms with E-state index < -0.39 is 10.0 Å². The monoisotopic (exact) mass is 387 g/mol. The Morgan fingerprint density at radius 1 is 1.19 bits per heavy atom. The summed E-state index contributed by atoms with van der Waals surface area (Å²) in [7, 11) is -3.55. The average Bonchev–Trinajstić information content (AvgIpc) is 2.47. The van der Waals surface area contributed by atoms with Crippen molar-refractivity contribution in [2.45, 2.75) is 23.2 Å². The highest BCUT2D eigenvalue weighted by Crippen LogP contribution is 2.20. The van der Waals surface area contributed by atoms with E-state index in [1.165, 1.54) is 0 Å². The fourth-order valence-electron chi connectivity index (χ4n) is 1.90. The summed E-state index contributed by atoms with van der Waals surface area (Å²) in [6.45, 7) is 1.79. The van der Waals surface area contributed by atoms with Gasteiger partial charge in [0.25, 0.3) is 0 Å². The first-order valence-electron chi connectivity index (χ1n) is 6.35. The Labute approximate surface area is 138 Å². The van der Waals surface area contributed by atoms with Crippen LogP contribution in [0.15, 0.2) is 53.4 Å². The third-order valence-corrected chi connectivity index (χ3v) is 5.51. The highest BCUT2D eigenvalue weighted by atomic mass is 79.9. The summed E-state index contributed by atoms with van der Waals surface area (Å²) in [5.41, 5.74) is 1.85. The summed E-state index contributed by atoms with van der Waals surface area (Å²) in [6, 6.07) is 13.6. The van der Waals surface area contributed by atoms with E-state index in [-0.39, 0.29) is 10.9 Å². The molecule has 0 aliphatic heterocycles. The molecule has 3 nitrogen and oxygen atoms in total. The SMILES string of the molecule is CC(NS(=O)(=O)c1ccc(CBr)cc1)c1cccc(Cl)c1. The molecule has 2 aromatic carbocycles. The molecule has 6 heteroatoms. The third-order valence-electron chi connectivity index (χ3n) is 3.07. The number of nitrogens with one attached hydrogen (secondary N) is 1. The van der Waals surface area contributed by atoms with Crippen molar-refractivity contribution in [3.05, 3.63) is 64.7 Å². The van der Waals surface area contributed by atoms with Crippen LogP contribution in [0.4, 0.5) is 0 Å². The van der Waals surface area contributed by atoms with Gasteiger partial charge >= 0.3 is 0 Å². The van der Waals surface area contributed by atoms with E-state index in [9.17, 15) is 8.42 Å². The molecule has 0 aliphatic carbocycles. The maximum absolute atomic E-state index is 12.3. The topological polar surface area (TPSA) is 46.2 Å². The average molecular weight is 389 g/mol. The first-order chi connectivity index (χ1) is 9.92. The molecule has 1 unspecified atom stereocenters. The predicted molar refractivity (Wildman–Crippen MR) is 89.3 cm³/mol. The molecule has 0 fully saturated rings. The fourth-order valence-corrected chi connectivity index (χ4v) is 3.71. The molecule has 0 aromatic heterocycles. The van der Waals surface area contributed by atoms with Gasteiger partial charge in [-0.15, -0.1) is 0 Å². The summed E-state index contributed by atoms with van der Waals surface area (Å²) in [4.78, 5) is 0.251. The number of halogens is 2. The van der Waals surface area contributed by atoms with Crippen LogP contribution < -0.4 is 4.72 Å². The maximum Gasteiger partial charge on any atom is 0.241 e. The van der Waals surface area contributed by atoms with Crippen LogP contribution in [-0.4, -0.2) is 8.42 Å². The number of benzene rings is 2. The molecule has 2 rings (SSSR count). The van der Waals surface area contributed by atoms with E-state index in [2.05, 4.69) is 20.7 Å². The Morgan fingerprint density at radius 3 is 2.43 bits per heavy atom. The van der Waals surface area contributed by atoms with E-state index in [1.54, 1.807) is 49.4 Å². The molecule has 0 saturated carbocycles. The first kappa shape index (κ1) is 16.5. The number of hydrogen-bond acceptors (Lipinski definition) is 2. The van der Waals surface area contributed by atoms with Crippen LogP contribution in [0.1, 0.15) is 24.1 Å². The molecule has 0 spiro atoms. The third kappa shape index (κ3) is 4.30. The van der Waals surface area contributed by atoms with Crippen molar-refractivity contribution >= 4 is 37.6 Å². The lowest BCUT2D eigenvalue weighted by Crippen LogP contribution is -2.26. The molecule has 0 heterocycles. The highest BCUT2D eigenvalue weighted by molar-refractivity contribution is 9.08. The van der Waals surface area contributed by atoms with Gasteiger partial charge < -0.3 is 0 Å². The van der Waals surface area contributed by atoms with Crippen molar-refractivity contribution in [1.82, 2.24) is 4.72 Å². The summed E-state index contributed by atoms with van der Waals surface area (Å²) >= 11 is 9.26. The molecule has 0 bridgehead atoms. The highest BCUT2D eigenvalue weighted by Gasteiger charge is 2.18. The smallest absolute Gasteiger partial charge is 0.207 e. The molecular formula is C15H15BrClNO2S. The van der Waals surface area contributed by atoms with Crippen LogP contribution in [-0.2, 0) is 15.4 Å². The molecule has 0 amide bonds. The van der Waals surface area contributed by atoms with Crippen molar-refractivity contribution < 1.29 is 8.42 Å². The number of alkyl halides is 1. The van der Waals surface area contributed by atoms with Gasteiger partial charge in [-0.1, -0.05) is 51.8 Å². The zero-order valence-corrected chi connectivity index (χ0v) is 14.5. The second-order valence-electron chi connectivity index (χ2n) is 4.68. The molecule has 0 aliphatic rings. The van der Waals surface area contributed by atoms with Gasteiger partial charge in [-0.2, -0.15) is 0 Å². The molecule has 21 heavy (non-hydrogen) atoms. The van der Waals surface area contributed by atoms with Crippen molar-refractivity contribution in [3.8, 4) is 0 Å². The largest absolute Gasteiger partial charge is 0.241 e. The second kappa shape index (κ2) is 6.92. The standard InChI is InChI=1S/C15H15BrClNO2S/c1-11(13-3-2-4-14(17)9-13)18-21(19,20)15-7-5-12(10-16)6-8-15/h2-9,11,18H,10H2,1H3. The van der Waals surface area contributed by atoms with Gasteiger partial charge in [0.15, 0.2) is 0 Å². The van der Waals surface area contributed by atoms with E-state index >= 15 is 0 Å². The van der Waals surface area contributed by atoms with Gasteiger partial charge in [0.05, 0.1) is 4.90 Å². The van der Waals surface area contributed by atoms with Gasteiger partial charge in [-0.3, -0.25) is 0 Å². The Morgan fingerprint density at radius 2 is 1.86 bits per heavy atom. The fraction of sp³-hybridized carbons (Fsp3) is 0.200.